The van der Waals surface area contributed by atoms with E-state index in [1.807, 2.05) is 13.8 Å². The molecule has 0 saturated carbocycles. The average molecular weight is 434 g/mol. The Labute approximate surface area is 141 Å². The minimum atomic E-state index is -3.69. The van der Waals surface area contributed by atoms with E-state index in [9.17, 15) is 8.42 Å². The lowest BCUT2D eigenvalue weighted by Crippen LogP contribution is -2.14. The molecule has 0 atom stereocenters. The van der Waals surface area contributed by atoms with Gasteiger partial charge in [-0.1, -0.05) is 15.9 Å². The van der Waals surface area contributed by atoms with E-state index in [-0.39, 0.29) is 4.90 Å². The zero-order valence-electron chi connectivity index (χ0n) is 11.4. The van der Waals surface area contributed by atoms with Crippen molar-refractivity contribution in [2.75, 3.05) is 10.5 Å². The lowest BCUT2D eigenvalue weighted by Gasteiger charge is -2.14. The normalized spacial score (nSPS) is 11.4. The molecule has 0 aliphatic rings. The molecule has 2 rings (SSSR count). The Kier molecular flexibility index (Phi) is 4.65. The number of aryl methyl sites for hydroxylation is 2. The summed E-state index contributed by atoms with van der Waals surface area (Å²) in [7, 11) is -3.69. The molecule has 112 valence electrons. The van der Waals surface area contributed by atoms with Crippen molar-refractivity contribution in [1.82, 2.24) is 0 Å². The zero-order valence-corrected chi connectivity index (χ0v) is 15.4. The van der Waals surface area contributed by atoms with E-state index in [0.717, 1.165) is 11.1 Å². The Morgan fingerprint density at radius 2 is 1.71 bits per heavy atom. The predicted octanol–water partition coefficient (Wildman–Crippen LogP) is 4.21. The zero-order chi connectivity index (χ0) is 15.8. The Morgan fingerprint density at radius 3 is 2.38 bits per heavy atom. The van der Waals surface area contributed by atoms with Gasteiger partial charge in [-0.25, -0.2) is 8.42 Å². The van der Waals surface area contributed by atoms with Gasteiger partial charge in [0.1, 0.15) is 4.90 Å². The van der Waals surface area contributed by atoms with Crippen LogP contribution in [0.1, 0.15) is 11.1 Å². The minimum absolute atomic E-state index is 0.172. The summed E-state index contributed by atoms with van der Waals surface area (Å²) in [6.45, 7) is 3.64. The summed E-state index contributed by atoms with van der Waals surface area (Å²) in [6.07, 6.45) is 0. The van der Waals surface area contributed by atoms with Crippen LogP contribution in [0.4, 0.5) is 11.4 Å². The Bertz CT molecular complexity index is 805. The molecule has 0 saturated heterocycles. The Balaban J connectivity index is 2.47. The monoisotopic (exact) mass is 432 g/mol. The van der Waals surface area contributed by atoms with Crippen LogP contribution < -0.4 is 10.5 Å². The maximum absolute atomic E-state index is 12.5. The Morgan fingerprint density at radius 1 is 1.05 bits per heavy atom. The molecule has 21 heavy (non-hydrogen) atoms. The van der Waals surface area contributed by atoms with Crippen molar-refractivity contribution in [3.63, 3.8) is 0 Å². The summed E-state index contributed by atoms with van der Waals surface area (Å²) in [5.41, 5.74) is 8.57. The lowest BCUT2D eigenvalue weighted by atomic mass is 10.1. The van der Waals surface area contributed by atoms with Crippen LogP contribution in [-0.2, 0) is 10.0 Å². The van der Waals surface area contributed by atoms with E-state index in [1.165, 1.54) is 0 Å². The van der Waals surface area contributed by atoms with Crippen molar-refractivity contribution in [3.05, 3.63) is 50.4 Å². The molecule has 0 amide bonds. The summed E-state index contributed by atoms with van der Waals surface area (Å²) in [6, 6.07) is 8.48. The van der Waals surface area contributed by atoms with Crippen LogP contribution >= 0.6 is 31.9 Å². The van der Waals surface area contributed by atoms with Crippen molar-refractivity contribution in [1.29, 1.82) is 0 Å². The number of halogens is 2. The van der Waals surface area contributed by atoms with Crippen molar-refractivity contribution >= 4 is 53.3 Å². The van der Waals surface area contributed by atoms with Gasteiger partial charge >= 0.3 is 0 Å². The lowest BCUT2D eigenvalue weighted by molar-refractivity contribution is 0.600. The van der Waals surface area contributed by atoms with Crippen LogP contribution in [0.2, 0.25) is 0 Å². The molecule has 4 nitrogen and oxygen atoms in total. The van der Waals surface area contributed by atoms with E-state index >= 15 is 0 Å². The number of rotatable bonds is 3. The second-order valence-corrected chi connectivity index (χ2v) is 8.12. The van der Waals surface area contributed by atoms with Gasteiger partial charge in [0.05, 0.1) is 5.69 Å². The fourth-order valence-corrected chi connectivity index (χ4v) is 4.46. The molecule has 0 spiro atoms. The molecule has 7 heteroatoms. The van der Waals surface area contributed by atoms with E-state index in [4.69, 9.17) is 5.73 Å². The predicted molar refractivity (Wildman–Crippen MR) is 93.0 cm³/mol. The number of hydrogen-bond donors (Lipinski definition) is 2. The van der Waals surface area contributed by atoms with Gasteiger partial charge in [0.25, 0.3) is 10.0 Å². The quantitative estimate of drug-likeness (QED) is 0.712. The fraction of sp³-hybridized carbons (Fsp3) is 0.143. The number of anilines is 2. The number of nitrogen functional groups attached to an aromatic ring is 1. The number of hydrogen-bond acceptors (Lipinski definition) is 3. The summed E-state index contributed by atoms with van der Waals surface area (Å²) in [5, 5.41) is 0. The van der Waals surface area contributed by atoms with Gasteiger partial charge in [-0.15, -0.1) is 0 Å². The highest BCUT2D eigenvalue weighted by Crippen LogP contribution is 2.29. The first-order valence-corrected chi connectivity index (χ1v) is 9.12. The van der Waals surface area contributed by atoms with Crippen molar-refractivity contribution in [3.8, 4) is 0 Å². The molecule has 0 aliphatic carbocycles. The van der Waals surface area contributed by atoms with E-state index in [0.29, 0.717) is 20.3 Å². The molecular weight excluding hydrogens is 420 g/mol. The van der Waals surface area contributed by atoms with E-state index in [2.05, 4.69) is 36.6 Å². The first-order valence-electron chi connectivity index (χ1n) is 6.05. The highest BCUT2D eigenvalue weighted by molar-refractivity contribution is 9.11. The smallest absolute Gasteiger partial charge is 0.263 e. The maximum atomic E-state index is 12.5. The number of nitrogens with one attached hydrogen (secondary N) is 1. The van der Waals surface area contributed by atoms with Gasteiger partial charge in [0.15, 0.2) is 0 Å². The molecule has 0 heterocycles. The van der Waals surface area contributed by atoms with Gasteiger partial charge in [0.2, 0.25) is 0 Å². The molecule has 0 aromatic heterocycles. The third-order valence-corrected chi connectivity index (χ3v) is 5.89. The van der Waals surface area contributed by atoms with Crippen LogP contribution in [-0.4, -0.2) is 8.42 Å². The van der Waals surface area contributed by atoms with Crippen molar-refractivity contribution < 1.29 is 8.42 Å². The molecule has 0 aliphatic heterocycles. The molecule has 2 aromatic rings. The van der Waals surface area contributed by atoms with E-state index < -0.39 is 10.0 Å². The summed E-state index contributed by atoms with van der Waals surface area (Å²) < 4.78 is 28.9. The van der Waals surface area contributed by atoms with Gasteiger partial charge in [-0.05, 0) is 71.2 Å². The second-order valence-electron chi connectivity index (χ2n) is 4.70. The minimum Gasteiger partial charge on any atom is -0.399 e. The van der Waals surface area contributed by atoms with Crippen LogP contribution in [0.25, 0.3) is 0 Å². The summed E-state index contributed by atoms with van der Waals surface area (Å²) in [4.78, 5) is 0.172. The highest BCUT2D eigenvalue weighted by Gasteiger charge is 2.19. The molecular formula is C14H14Br2N2O2S. The number of sulfonamides is 1. The first kappa shape index (κ1) is 16.3. The topological polar surface area (TPSA) is 72.2 Å². The highest BCUT2D eigenvalue weighted by atomic mass is 79.9. The number of benzene rings is 2. The van der Waals surface area contributed by atoms with Crippen LogP contribution in [0.5, 0.6) is 0 Å². The first-order chi connectivity index (χ1) is 9.70. The van der Waals surface area contributed by atoms with Crippen molar-refractivity contribution in [2.45, 2.75) is 18.7 Å². The largest absolute Gasteiger partial charge is 0.399 e. The fourth-order valence-electron chi connectivity index (χ4n) is 1.83. The Hall–Kier alpha value is -1.05. The maximum Gasteiger partial charge on any atom is 0.263 e. The molecule has 0 fully saturated rings. The van der Waals surface area contributed by atoms with Crippen LogP contribution in [0.3, 0.4) is 0 Å². The van der Waals surface area contributed by atoms with Crippen molar-refractivity contribution in [2.24, 2.45) is 0 Å². The third-order valence-electron chi connectivity index (χ3n) is 3.04. The third kappa shape index (κ3) is 3.59. The molecule has 2 aromatic carbocycles. The number of nitrogens with two attached hydrogens (primary N) is 1. The molecule has 3 N–H and O–H groups in total. The second kappa shape index (κ2) is 5.98. The average Bonchev–Trinajstić information content (AvgIpc) is 2.38. The van der Waals surface area contributed by atoms with Crippen LogP contribution in [0, 0.1) is 13.8 Å². The van der Waals surface area contributed by atoms with E-state index in [1.54, 1.807) is 30.3 Å². The van der Waals surface area contributed by atoms with Gasteiger partial charge in [0, 0.05) is 14.6 Å². The standard InChI is InChI=1S/C14H14Br2N2O2S/c1-8-6-13(9(2)5-12(8)17)18-21(19,20)14-7-10(15)3-4-11(14)16/h3-7,18H,17H2,1-2H3. The molecule has 0 radical (unpaired) electrons. The SMILES string of the molecule is Cc1cc(NS(=O)(=O)c2cc(Br)ccc2Br)c(C)cc1N. The summed E-state index contributed by atoms with van der Waals surface area (Å²) >= 11 is 6.54. The summed E-state index contributed by atoms with van der Waals surface area (Å²) in [5.74, 6) is 0. The van der Waals surface area contributed by atoms with Crippen LogP contribution in [0.15, 0.2) is 44.2 Å². The van der Waals surface area contributed by atoms with Gasteiger partial charge in [-0.2, -0.15) is 0 Å². The van der Waals surface area contributed by atoms with Gasteiger partial charge < -0.3 is 5.73 Å². The molecule has 0 bridgehead atoms. The van der Waals surface area contributed by atoms with Gasteiger partial charge in [-0.3, -0.25) is 4.72 Å². The molecule has 0 unspecified atom stereocenters.